The number of anilines is 1. The minimum absolute atomic E-state index is 0.116. The number of likely N-dealkylation sites (tertiary alicyclic amines) is 1. The van der Waals surface area contributed by atoms with Crippen molar-refractivity contribution in [1.29, 1.82) is 0 Å². The van der Waals surface area contributed by atoms with Gasteiger partial charge >= 0.3 is 0 Å². The standard InChI is InChI=1S/C27H28N2O4/c1-16-9-11-18(12-10-16)25(30)24-23-22(26(31)28(27(23)32)13-6-14-33-3)21-15-17(2)19-7-4-5-8-20(19)29(21)24/h4-5,7-12,15,21-24H,6,13-14H2,1-3H3. The number of para-hydroxylation sites is 1. The van der Waals surface area contributed by atoms with Crippen LogP contribution in [0.5, 0.6) is 0 Å². The van der Waals surface area contributed by atoms with Gasteiger partial charge in [0.05, 0.1) is 17.9 Å². The van der Waals surface area contributed by atoms with E-state index in [1.807, 2.05) is 67.3 Å². The van der Waals surface area contributed by atoms with Gasteiger partial charge in [0.15, 0.2) is 5.78 Å². The molecule has 0 saturated carbocycles. The van der Waals surface area contributed by atoms with Crippen LogP contribution in [0, 0.1) is 18.8 Å². The summed E-state index contributed by atoms with van der Waals surface area (Å²) in [4.78, 5) is 44.4. The Kier molecular flexibility index (Phi) is 5.41. The molecule has 2 aromatic rings. The van der Waals surface area contributed by atoms with Crippen LogP contribution in [0.3, 0.4) is 0 Å². The second-order valence-electron chi connectivity index (χ2n) is 9.17. The zero-order valence-corrected chi connectivity index (χ0v) is 19.2. The van der Waals surface area contributed by atoms with Gasteiger partial charge in [-0.2, -0.15) is 0 Å². The van der Waals surface area contributed by atoms with Crippen molar-refractivity contribution in [2.45, 2.75) is 32.4 Å². The number of nitrogens with zero attached hydrogens (tertiary/aromatic N) is 2. The first-order chi connectivity index (χ1) is 15.9. The molecule has 0 N–H and O–H groups in total. The third-order valence-corrected chi connectivity index (χ3v) is 7.18. The molecular weight excluding hydrogens is 416 g/mol. The number of fused-ring (bicyclic) bond motifs is 5. The van der Waals surface area contributed by atoms with Crippen LogP contribution in [0.25, 0.3) is 5.57 Å². The van der Waals surface area contributed by atoms with Crippen molar-refractivity contribution in [2.75, 3.05) is 25.2 Å². The predicted octanol–water partition coefficient (Wildman–Crippen LogP) is 3.49. The van der Waals surface area contributed by atoms with Crippen LogP contribution in [0.15, 0.2) is 54.6 Å². The molecule has 33 heavy (non-hydrogen) atoms. The molecule has 3 aliphatic rings. The number of ketones is 1. The zero-order valence-electron chi connectivity index (χ0n) is 19.2. The van der Waals surface area contributed by atoms with E-state index in [1.54, 1.807) is 7.11 Å². The summed E-state index contributed by atoms with van der Waals surface area (Å²) in [6, 6.07) is 14.3. The molecule has 3 aliphatic heterocycles. The van der Waals surface area contributed by atoms with Gasteiger partial charge in [0, 0.05) is 37.1 Å². The van der Waals surface area contributed by atoms with Crippen molar-refractivity contribution in [1.82, 2.24) is 4.90 Å². The topological polar surface area (TPSA) is 66.9 Å². The highest BCUT2D eigenvalue weighted by Crippen LogP contribution is 2.50. The number of amides is 2. The molecule has 0 aromatic heterocycles. The number of benzene rings is 2. The van der Waals surface area contributed by atoms with E-state index in [2.05, 4.69) is 6.08 Å². The minimum Gasteiger partial charge on any atom is -0.385 e. The molecule has 4 unspecified atom stereocenters. The van der Waals surface area contributed by atoms with Gasteiger partial charge in [0.1, 0.15) is 6.04 Å². The molecule has 4 atom stereocenters. The summed E-state index contributed by atoms with van der Waals surface area (Å²) in [5, 5.41) is 0. The van der Waals surface area contributed by atoms with Gasteiger partial charge in [0.2, 0.25) is 11.8 Å². The molecule has 2 fully saturated rings. The second kappa shape index (κ2) is 8.27. The molecule has 2 saturated heterocycles. The lowest BCUT2D eigenvalue weighted by atomic mass is 9.85. The smallest absolute Gasteiger partial charge is 0.235 e. The molecule has 3 heterocycles. The number of hydrogen-bond acceptors (Lipinski definition) is 5. The fourth-order valence-corrected chi connectivity index (χ4v) is 5.64. The van der Waals surface area contributed by atoms with Gasteiger partial charge in [-0.05, 0) is 31.9 Å². The summed E-state index contributed by atoms with van der Waals surface area (Å²) < 4.78 is 5.11. The SMILES string of the molecule is COCCCN1C(=O)C2C(C1=O)C(C(=O)c1ccc(C)cc1)N1c3ccccc3C(C)=CC21. The molecule has 0 aliphatic carbocycles. The van der Waals surface area contributed by atoms with Crippen LogP contribution in [-0.4, -0.2) is 54.8 Å². The van der Waals surface area contributed by atoms with E-state index < -0.39 is 17.9 Å². The molecule has 5 rings (SSSR count). The third kappa shape index (κ3) is 3.32. The van der Waals surface area contributed by atoms with E-state index >= 15 is 0 Å². The Morgan fingerprint density at radius 2 is 1.67 bits per heavy atom. The Morgan fingerprint density at radius 3 is 2.39 bits per heavy atom. The van der Waals surface area contributed by atoms with E-state index in [4.69, 9.17) is 4.74 Å². The van der Waals surface area contributed by atoms with Crippen LogP contribution in [0.1, 0.15) is 34.8 Å². The highest BCUT2D eigenvalue weighted by molar-refractivity contribution is 6.14. The minimum atomic E-state index is -0.725. The van der Waals surface area contributed by atoms with E-state index in [0.29, 0.717) is 25.1 Å². The predicted molar refractivity (Wildman–Crippen MR) is 126 cm³/mol. The number of aryl methyl sites for hydroxylation is 1. The normalized spacial score (nSPS) is 25.6. The Hall–Kier alpha value is -3.25. The van der Waals surface area contributed by atoms with Gasteiger partial charge in [-0.25, -0.2) is 0 Å². The summed E-state index contributed by atoms with van der Waals surface area (Å²) in [6.45, 7) is 4.79. The number of carbonyl (C=O) groups excluding carboxylic acids is 3. The summed E-state index contributed by atoms with van der Waals surface area (Å²) in [6.07, 6.45) is 2.64. The first-order valence-corrected chi connectivity index (χ1v) is 11.4. The van der Waals surface area contributed by atoms with Crippen LogP contribution in [0.2, 0.25) is 0 Å². The van der Waals surface area contributed by atoms with Crippen LogP contribution >= 0.6 is 0 Å². The Morgan fingerprint density at radius 1 is 0.970 bits per heavy atom. The zero-order chi connectivity index (χ0) is 23.3. The van der Waals surface area contributed by atoms with Crippen molar-refractivity contribution in [3.05, 3.63) is 71.3 Å². The van der Waals surface area contributed by atoms with Gasteiger partial charge in [-0.3, -0.25) is 19.3 Å². The molecule has 6 nitrogen and oxygen atoms in total. The Balaban J connectivity index is 1.61. The van der Waals surface area contributed by atoms with Crippen molar-refractivity contribution < 1.29 is 19.1 Å². The quantitative estimate of drug-likeness (QED) is 0.388. The molecule has 2 amide bonds. The molecular formula is C27H28N2O4. The summed E-state index contributed by atoms with van der Waals surface area (Å²) >= 11 is 0. The fraction of sp³-hybridized carbons (Fsp3) is 0.370. The molecule has 0 radical (unpaired) electrons. The Bertz CT molecular complexity index is 1150. The molecule has 2 aromatic carbocycles. The number of methoxy groups -OCH3 is 1. The van der Waals surface area contributed by atoms with Crippen LogP contribution < -0.4 is 4.90 Å². The maximum absolute atomic E-state index is 13.9. The van der Waals surface area contributed by atoms with E-state index in [1.165, 1.54) is 4.90 Å². The number of Topliss-reactive ketones (excluding diaryl/α,β-unsaturated/α-hetero) is 1. The molecule has 170 valence electrons. The monoisotopic (exact) mass is 444 g/mol. The van der Waals surface area contributed by atoms with Crippen LogP contribution in [-0.2, 0) is 14.3 Å². The second-order valence-corrected chi connectivity index (χ2v) is 9.17. The first kappa shape index (κ1) is 21.6. The number of rotatable bonds is 6. The molecule has 0 bridgehead atoms. The summed E-state index contributed by atoms with van der Waals surface area (Å²) in [5.74, 6) is -1.81. The molecule has 0 spiro atoms. The van der Waals surface area contributed by atoms with Crippen molar-refractivity contribution >= 4 is 28.9 Å². The number of hydrogen-bond donors (Lipinski definition) is 0. The average molecular weight is 445 g/mol. The number of carbonyl (C=O) groups is 3. The number of allylic oxidation sites excluding steroid dienone is 1. The number of ether oxygens (including phenoxy) is 1. The van der Waals surface area contributed by atoms with Gasteiger partial charge in [-0.1, -0.05) is 54.1 Å². The van der Waals surface area contributed by atoms with E-state index in [9.17, 15) is 14.4 Å². The largest absolute Gasteiger partial charge is 0.385 e. The van der Waals surface area contributed by atoms with Crippen molar-refractivity contribution in [3.8, 4) is 0 Å². The maximum Gasteiger partial charge on any atom is 0.235 e. The first-order valence-electron chi connectivity index (χ1n) is 11.4. The summed E-state index contributed by atoms with van der Waals surface area (Å²) in [5.41, 5.74) is 4.63. The maximum atomic E-state index is 13.9. The van der Waals surface area contributed by atoms with E-state index in [0.717, 1.165) is 22.4 Å². The van der Waals surface area contributed by atoms with Gasteiger partial charge in [0.25, 0.3) is 0 Å². The highest BCUT2D eigenvalue weighted by atomic mass is 16.5. The lowest BCUT2D eigenvalue weighted by molar-refractivity contribution is -0.140. The molecule has 6 heteroatoms. The number of imide groups is 1. The van der Waals surface area contributed by atoms with Gasteiger partial charge < -0.3 is 9.64 Å². The average Bonchev–Trinajstić information content (AvgIpc) is 3.28. The van der Waals surface area contributed by atoms with Crippen LogP contribution in [0.4, 0.5) is 5.69 Å². The third-order valence-electron chi connectivity index (χ3n) is 7.18. The van der Waals surface area contributed by atoms with E-state index in [-0.39, 0.29) is 23.6 Å². The lowest BCUT2D eigenvalue weighted by Crippen LogP contribution is -2.49. The van der Waals surface area contributed by atoms with Crippen molar-refractivity contribution in [2.24, 2.45) is 11.8 Å². The summed E-state index contributed by atoms with van der Waals surface area (Å²) in [7, 11) is 1.60. The highest BCUT2D eigenvalue weighted by Gasteiger charge is 2.64. The Labute approximate surface area is 193 Å². The fourth-order valence-electron chi connectivity index (χ4n) is 5.64. The van der Waals surface area contributed by atoms with Gasteiger partial charge in [-0.15, -0.1) is 0 Å². The lowest BCUT2D eigenvalue weighted by Gasteiger charge is -2.38. The van der Waals surface area contributed by atoms with Crippen molar-refractivity contribution in [3.63, 3.8) is 0 Å².